The zero-order chi connectivity index (χ0) is 13.0. The molecule has 2 rings (SSSR count). The Hall–Kier alpha value is -1.81. The fourth-order valence-electron chi connectivity index (χ4n) is 1.43. The molecule has 0 aliphatic rings. The van der Waals surface area contributed by atoms with E-state index in [0.29, 0.717) is 17.4 Å². The molecule has 0 amide bonds. The summed E-state index contributed by atoms with van der Waals surface area (Å²) in [6, 6.07) is 5.65. The highest BCUT2D eigenvalue weighted by atomic mass is 127. The molecule has 0 spiro atoms. The van der Waals surface area contributed by atoms with Gasteiger partial charge >= 0.3 is 5.63 Å². The Morgan fingerprint density at radius 3 is 3.17 bits per heavy atom. The SMILES string of the molecule is C#C/C=C/CNc1nc2cccc(I)c2c(=O)o1. The van der Waals surface area contributed by atoms with Crippen LogP contribution in [0.2, 0.25) is 0 Å². The monoisotopic (exact) mass is 352 g/mol. The van der Waals surface area contributed by atoms with E-state index in [4.69, 9.17) is 10.8 Å². The molecule has 90 valence electrons. The molecule has 0 bridgehead atoms. The van der Waals surface area contributed by atoms with E-state index in [9.17, 15) is 4.79 Å². The van der Waals surface area contributed by atoms with Crippen LogP contribution in [0.3, 0.4) is 0 Å². The summed E-state index contributed by atoms with van der Waals surface area (Å²) >= 11 is 2.08. The highest BCUT2D eigenvalue weighted by Gasteiger charge is 2.08. The van der Waals surface area contributed by atoms with Gasteiger partial charge in [-0.05, 0) is 40.8 Å². The van der Waals surface area contributed by atoms with Gasteiger partial charge < -0.3 is 9.73 Å². The van der Waals surface area contributed by atoms with Gasteiger partial charge in [0, 0.05) is 10.1 Å². The second-order valence-corrected chi connectivity index (χ2v) is 4.55. The predicted octanol–water partition coefficient (Wildman–Crippen LogP) is 2.39. The first-order chi connectivity index (χ1) is 8.72. The number of allylic oxidation sites excluding steroid dienone is 1. The Kier molecular flexibility index (Phi) is 3.99. The Balaban J connectivity index is 2.36. The van der Waals surface area contributed by atoms with Crippen molar-refractivity contribution in [2.75, 3.05) is 11.9 Å². The third kappa shape index (κ3) is 2.71. The van der Waals surface area contributed by atoms with Crippen molar-refractivity contribution >= 4 is 39.5 Å². The topological polar surface area (TPSA) is 55.1 Å². The van der Waals surface area contributed by atoms with Crippen molar-refractivity contribution < 1.29 is 4.42 Å². The minimum atomic E-state index is -0.395. The van der Waals surface area contributed by atoms with Crippen LogP contribution in [0.5, 0.6) is 0 Å². The average Bonchev–Trinajstić information content (AvgIpc) is 2.34. The van der Waals surface area contributed by atoms with Gasteiger partial charge in [0.05, 0.1) is 10.9 Å². The number of halogens is 1. The summed E-state index contributed by atoms with van der Waals surface area (Å²) in [5.41, 5.74) is 0.218. The molecule has 0 aliphatic carbocycles. The van der Waals surface area contributed by atoms with Crippen LogP contribution in [0, 0.1) is 15.9 Å². The van der Waals surface area contributed by atoms with Gasteiger partial charge in [0.2, 0.25) is 0 Å². The van der Waals surface area contributed by atoms with Crippen molar-refractivity contribution in [3.05, 3.63) is 44.3 Å². The van der Waals surface area contributed by atoms with Crippen LogP contribution in [0.4, 0.5) is 6.01 Å². The molecule has 0 radical (unpaired) electrons. The summed E-state index contributed by atoms with van der Waals surface area (Å²) in [4.78, 5) is 16.0. The van der Waals surface area contributed by atoms with Crippen LogP contribution in [0.25, 0.3) is 10.9 Å². The first kappa shape index (κ1) is 12.6. The van der Waals surface area contributed by atoms with E-state index in [2.05, 4.69) is 38.8 Å². The average molecular weight is 352 g/mol. The summed E-state index contributed by atoms with van der Waals surface area (Å²) < 4.78 is 5.91. The fraction of sp³-hybridized carbons (Fsp3) is 0.0769. The highest BCUT2D eigenvalue weighted by molar-refractivity contribution is 14.1. The van der Waals surface area contributed by atoms with Crippen LogP contribution < -0.4 is 10.9 Å². The fourth-order valence-corrected chi connectivity index (χ4v) is 2.13. The molecule has 0 saturated carbocycles. The van der Waals surface area contributed by atoms with E-state index in [1.807, 2.05) is 12.1 Å². The van der Waals surface area contributed by atoms with Crippen molar-refractivity contribution in [3.63, 3.8) is 0 Å². The minimum Gasteiger partial charge on any atom is -0.389 e. The quantitative estimate of drug-likeness (QED) is 0.681. The Morgan fingerprint density at radius 2 is 2.39 bits per heavy atom. The van der Waals surface area contributed by atoms with Crippen LogP contribution in [-0.2, 0) is 0 Å². The molecular weight excluding hydrogens is 343 g/mol. The molecule has 4 nitrogen and oxygen atoms in total. The lowest BCUT2D eigenvalue weighted by atomic mass is 10.2. The molecule has 0 unspecified atom stereocenters. The number of aromatic nitrogens is 1. The Morgan fingerprint density at radius 1 is 1.56 bits per heavy atom. The number of nitrogens with zero attached hydrogens (tertiary/aromatic N) is 1. The van der Waals surface area contributed by atoms with Crippen LogP contribution in [0.15, 0.2) is 39.6 Å². The minimum absolute atomic E-state index is 0.191. The van der Waals surface area contributed by atoms with Gasteiger partial charge in [0.25, 0.3) is 6.01 Å². The second-order valence-electron chi connectivity index (χ2n) is 3.39. The van der Waals surface area contributed by atoms with E-state index in [1.54, 1.807) is 18.2 Å². The standard InChI is InChI=1S/C13H9IN2O2/c1-2-3-4-8-15-13-16-10-7-5-6-9(14)11(10)12(17)18-13/h1,3-7H,8H2,(H,15,16)/b4-3+. The maximum absolute atomic E-state index is 11.8. The van der Waals surface area contributed by atoms with E-state index >= 15 is 0 Å². The van der Waals surface area contributed by atoms with E-state index < -0.39 is 5.63 Å². The molecule has 1 heterocycles. The molecule has 0 aliphatic heterocycles. The van der Waals surface area contributed by atoms with E-state index in [1.165, 1.54) is 0 Å². The van der Waals surface area contributed by atoms with Gasteiger partial charge in [-0.15, -0.1) is 6.42 Å². The van der Waals surface area contributed by atoms with Crippen molar-refractivity contribution in [1.82, 2.24) is 4.98 Å². The smallest absolute Gasteiger partial charge is 0.349 e. The highest BCUT2D eigenvalue weighted by Crippen LogP contribution is 2.16. The molecule has 18 heavy (non-hydrogen) atoms. The normalized spacial score (nSPS) is 10.7. The predicted molar refractivity (Wildman–Crippen MR) is 79.5 cm³/mol. The van der Waals surface area contributed by atoms with Gasteiger partial charge in [-0.2, -0.15) is 4.98 Å². The molecule has 1 N–H and O–H groups in total. The molecule has 0 fully saturated rings. The number of hydrogen-bond donors (Lipinski definition) is 1. The van der Waals surface area contributed by atoms with E-state index in [0.717, 1.165) is 3.57 Å². The molecule has 5 heteroatoms. The third-order valence-electron chi connectivity index (χ3n) is 2.19. The first-order valence-corrected chi connectivity index (χ1v) is 6.24. The summed E-state index contributed by atoms with van der Waals surface area (Å²) in [5.74, 6) is 2.37. The summed E-state index contributed by atoms with van der Waals surface area (Å²) in [5, 5.41) is 3.37. The van der Waals surface area contributed by atoms with Gasteiger partial charge in [0.15, 0.2) is 0 Å². The lowest BCUT2D eigenvalue weighted by molar-refractivity contribution is 0.518. The number of anilines is 1. The molecular formula is C13H9IN2O2. The second kappa shape index (κ2) is 5.69. The van der Waals surface area contributed by atoms with Crippen molar-refractivity contribution in [2.45, 2.75) is 0 Å². The molecule has 2 aromatic rings. The number of nitrogens with one attached hydrogen (secondary N) is 1. The Labute approximate surface area is 117 Å². The number of terminal acetylenes is 1. The number of fused-ring (bicyclic) bond motifs is 1. The summed E-state index contributed by atoms with van der Waals surface area (Å²) in [6.07, 6.45) is 8.37. The lowest BCUT2D eigenvalue weighted by Crippen LogP contribution is -2.08. The van der Waals surface area contributed by atoms with Crippen molar-refractivity contribution in [3.8, 4) is 12.3 Å². The van der Waals surface area contributed by atoms with E-state index in [-0.39, 0.29) is 6.01 Å². The maximum atomic E-state index is 11.8. The van der Waals surface area contributed by atoms with Gasteiger partial charge in [-0.1, -0.05) is 18.1 Å². The third-order valence-corrected chi connectivity index (χ3v) is 3.09. The number of rotatable bonds is 3. The largest absolute Gasteiger partial charge is 0.389 e. The van der Waals surface area contributed by atoms with Gasteiger partial charge in [0.1, 0.15) is 0 Å². The van der Waals surface area contributed by atoms with Crippen molar-refractivity contribution in [2.24, 2.45) is 0 Å². The maximum Gasteiger partial charge on any atom is 0.349 e. The van der Waals surface area contributed by atoms with Gasteiger partial charge in [-0.25, -0.2) is 4.79 Å². The first-order valence-electron chi connectivity index (χ1n) is 5.17. The lowest BCUT2D eigenvalue weighted by Gasteiger charge is -2.02. The summed E-state index contributed by atoms with van der Waals surface area (Å²) in [7, 11) is 0. The number of hydrogen-bond acceptors (Lipinski definition) is 4. The zero-order valence-electron chi connectivity index (χ0n) is 9.31. The van der Waals surface area contributed by atoms with Crippen LogP contribution in [-0.4, -0.2) is 11.5 Å². The number of benzene rings is 1. The molecule has 1 aromatic heterocycles. The molecule has 0 saturated heterocycles. The zero-order valence-corrected chi connectivity index (χ0v) is 11.5. The summed E-state index contributed by atoms with van der Waals surface area (Å²) in [6.45, 7) is 0.454. The molecule has 0 atom stereocenters. The van der Waals surface area contributed by atoms with Crippen molar-refractivity contribution in [1.29, 1.82) is 0 Å². The van der Waals surface area contributed by atoms with Gasteiger partial charge in [-0.3, -0.25) is 0 Å². The molecule has 1 aromatic carbocycles. The Bertz CT molecular complexity index is 698. The van der Waals surface area contributed by atoms with Crippen LogP contribution >= 0.6 is 22.6 Å². The van der Waals surface area contributed by atoms with Crippen LogP contribution in [0.1, 0.15) is 0 Å².